The van der Waals surface area contributed by atoms with Crippen LogP contribution in [0.2, 0.25) is 0 Å². The molecule has 1 fully saturated rings. The van der Waals surface area contributed by atoms with Crippen LogP contribution in [0.15, 0.2) is 0 Å². The Morgan fingerprint density at radius 3 is 2.64 bits per heavy atom. The van der Waals surface area contributed by atoms with Crippen LogP contribution in [0.25, 0.3) is 0 Å². The van der Waals surface area contributed by atoms with Crippen molar-refractivity contribution in [1.29, 1.82) is 5.26 Å². The molecule has 0 radical (unpaired) electrons. The fraction of sp³-hybridized carbons (Fsp3) is 0.833. The van der Waals surface area contributed by atoms with Crippen molar-refractivity contribution in [3.8, 4) is 6.07 Å². The standard InChI is InChI=1S/C6H9NO4/c7-2-6(10)3-11-4(1-8)5(6)9/h4-5,8-10H,1,3H2/t4-,5-,6+/m1/s1. The summed E-state index contributed by atoms with van der Waals surface area (Å²) in [6.45, 7) is -0.652. The van der Waals surface area contributed by atoms with Crippen LogP contribution in [0.3, 0.4) is 0 Å². The molecule has 5 nitrogen and oxygen atoms in total. The van der Waals surface area contributed by atoms with Crippen LogP contribution in [0.1, 0.15) is 0 Å². The number of aliphatic hydroxyl groups excluding tert-OH is 2. The van der Waals surface area contributed by atoms with Crippen LogP contribution < -0.4 is 0 Å². The molecule has 11 heavy (non-hydrogen) atoms. The second-order valence-corrected chi connectivity index (χ2v) is 2.51. The lowest BCUT2D eigenvalue weighted by atomic mass is 9.99. The Morgan fingerprint density at radius 2 is 2.36 bits per heavy atom. The fourth-order valence-corrected chi connectivity index (χ4v) is 0.969. The third-order valence-corrected chi connectivity index (χ3v) is 1.73. The number of nitriles is 1. The van der Waals surface area contributed by atoms with Gasteiger partial charge >= 0.3 is 0 Å². The van der Waals surface area contributed by atoms with Gasteiger partial charge in [0.1, 0.15) is 18.3 Å². The zero-order chi connectivity index (χ0) is 8.48. The first kappa shape index (κ1) is 8.43. The normalized spacial score (nSPS) is 43.8. The van der Waals surface area contributed by atoms with E-state index < -0.39 is 24.4 Å². The Balaban J connectivity index is 2.71. The summed E-state index contributed by atoms with van der Waals surface area (Å²) in [5, 5.41) is 35.3. The minimum absolute atomic E-state index is 0.254. The van der Waals surface area contributed by atoms with Gasteiger partial charge < -0.3 is 20.1 Å². The molecule has 1 aliphatic rings. The molecule has 1 saturated heterocycles. The lowest BCUT2D eigenvalue weighted by molar-refractivity contribution is -0.0244. The highest BCUT2D eigenvalue weighted by Crippen LogP contribution is 2.23. The maximum atomic E-state index is 9.22. The Bertz CT molecular complexity index is 190. The lowest BCUT2D eigenvalue weighted by Gasteiger charge is -2.17. The molecule has 5 heteroatoms. The van der Waals surface area contributed by atoms with E-state index in [-0.39, 0.29) is 6.61 Å². The highest BCUT2D eigenvalue weighted by atomic mass is 16.5. The van der Waals surface area contributed by atoms with Crippen LogP contribution in [-0.2, 0) is 4.74 Å². The van der Waals surface area contributed by atoms with Gasteiger partial charge in [-0.2, -0.15) is 5.26 Å². The van der Waals surface area contributed by atoms with Crippen LogP contribution in [0.5, 0.6) is 0 Å². The summed E-state index contributed by atoms with van der Waals surface area (Å²) in [6, 6.07) is 1.52. The van der Waals surface area contributed by atoms with Crippen molar-refractivity contribution in [1.82, 2.24) is 0 Å². The van der Waals surface area contributed by atoms with E-state index in [2.05, 4.69) is 0 Å². The van der Waals surface area contributed by atoms with Gasteiger partial charge in [0, 0.05) is 0 Å². The number of nitrogens with zero attached hydrogens (tertiary/aromatic N) is 1. The van der Waals surface area contributed by atoms with E-state index in [4.69, 9.17) is 20.2 Å². The first-order valence-electron chi connectivity index (χ1n) is 3.18. The third-order valence-electron chi connectivity index (χ3n) is 1.73. The molecule has 0 unspecified atom stereocenters. The molecular formula is C6H9NO4. The highest BCUT2D eigenvalue weighted by Gasteiger charge is 2.48. The quantitative estimate of drug-likeness (QED) is 0.384. The lowest BCUT2D eigenvalue weighted by Crippen LogP contribution is -2.43. The van der Waals surface area contributed by atoms with Crippen LogP contribution in [0.4, 0.5) is 0 Å². The molecule has 1 heterocycles. The monoisotopic (exact) mass is 159 g/mol. The van der Waals surface area contributed by atoms with Gasteiger partial charge in [0.05, 0.1) is 13.2 Å². The summed E-state index contributed by atoms with van der Waals surface area (Å²) in [4.78, 5) is 0. The number of aliphatic hydroxyl groups is 3. The Labute approximate surface area is 63.4 Å². The minimum Gasteiger partial charge on any atom is -0.394 e. The zero-order valence-corrected chi connectivity index (χ0v) is 5.77. The third kappa shape index (κ3) is 1.21. The first-order valence-corrected chi connectivity index (χ1v) is 3.18. The van der Waals surface area contributed by atoms with E-state index in [1.165, 1.54) is 6.07 Å². The molecule has 0 aliphatic carbocycles. The summed E-state index contributed by atoms with van der Waals surface area (Å²) in [6.07, 6.45) is -2.17. The Kier molecular flexibility index (Phi) is 2.11. The van der Waals surface area contributed by atoms with Crippen molar-refractivity contribution >= 4 is 0 Å². The van der Waals surface area contributed by atoms with Crippen molar-refractivity contribution in [2.75, 3.05) is 13.2 Å². The maximum Gasteiger partial charge on any atom is 0.203 e. The van der Waals surface area contributed by atoms with Gasteiger partial charge in [0.15, 0.2) is 0 Å². The van der Waals surface area contributed by atoms with Gasteiger partial charge in [-0.25, -0.2) is 0 Å². The molecule has 0 amide bonds. The molecule has 1 rings (SSSR count). The van der Waals surface area contributed by atoms with E-state index in [0.29, 0.717) is 0 Å². The molecule has 3 atom stereocenters. The summed E-state index contributed by atoms with van der Waals surface area (Å²) in [7, 11) is 0. The fourth-order valence-electron chi connectivity index (χ4n) is 0.969. The largest absolute Gasteiger partial charge is 0.394 e. The van der Waals surface area contributed by atoms with Crippen molar-refractivity contribution in [2.45, 2.75) is 17.8 Å². The molecule has 3 N–H and O–H groups in total. The number of ether oxygens (including phenoxy) is 1. The average Bonchev–Trinajstić information content (AvgIpc) is 2.31. The Hall–Kier alpha value is -0.670. The van der Waals surface area contributed by atoms with E-state index in [1.807, 2.05) is 0 Å². The molecule has 0 aromatic rings. The van der Waals surface area contributed by atoms with Gasteiger partial charge in [0.25, 0.3) is 0 Å². The van der Waals surface area contributed by atoms with Gasteiger partial charge in [-0.1, -0.05) is 0 Å². The number of hydrogen-bond donors (Lipinski definition) is 3. The van der Waals surface area contributed by atoms with E-state index in [0.717, 1.165) is 0 Å². The average molecular weight is 159 g/mol. The first-order chi connectivity index (χ1) is 5.14. The zero-order valence-electron chi connectivity index (χ0n) is 5.77. The SMILES string of the molecule is N#C[C@]1(O)CO[C@H](CO)[C@H]1O. The van der Waals surface area contributed by atoms with Crippen LogP contribution in [0, 0.1) is 11.3 Å². The van der Waals surface area contributed by atoms with Crippen molar-refractivity contribution in [3.05, 3.63) is 0 Å². The minimum atomic E-state index is -1.85. The van der Waals surface area contributed by atoms with Gasteiger partial charge in [-0.05, 0) is 0 Å². The molecule has 0 bridgehead atoms. The summed E-state index contributed by atoms with van der Waals surface area (Å²) < 4.78 is 4.75. The van der Waals surface area contributed by atoms with Crippen molar-refractivity contribution in [3.63, 3.8) is 0 Å². The molecule has 0 spiro atoms. The molecule has 0 aromatic heterocycles. The summed E-state index contributed by atoms with van der Waals surface area (Å²) in [5.74, 6) is 0. The van der Waals surface area contributed by atoms with Crippen molar-refractivity contribution in [2.24, 2.45) is 0 Å². The number of hydrogen-bond acceptors (Lipinski definition) is 5. The van der Waals surface area contributed by atoms with E-state index in [9.17, 15) is 5.11 Å². The summed E-state index contributed by atoms with van der Waals surface area (Å²) >= 11 is 0. The molecule has 0 saturated carbocycles. The van der Waals surface area contributed by atoms with Crippen molar-refractivity contribution < 1.29 is 20.1 Å². The highest BCUT2D eigenvalue weighted by molar-refractivity contribution is 5.11. The molecule has 0 aromatic carbocycles. The second-order valence-electron chi connectivity index (χ2n) is 2.51. The van der Waals surface area contributed by atoms with Crippen LogP contribution >= 0.6 is 0 Å². The number of rotatable bonds is 1. The van der Waals surface area contributed by atoms with Gasteiger partial charge in [-0.3, -0.25) is 0 Å². The maximum absolute atomic E-state index is 9.22. The second kappa shape index (κ2) is 2.75. The smallest absolute Gasteiger partial charge is 0.203 e. The Morgan fingerprint density at radius 1 is 1.73 bits per heavy atom. The topological polar surface area (TPSA) is 93.7 Å². The molecule has 62 valence electrons. The van der Waals surface area contributed by atoms with Crippen LogP contribution in [-0.4, -0.2) is 46.3 Å². The van der Waals surface area contributed by atoms with Gasteiger partial charge in [0.2, 0.25) is 5.60 Å². The predicted molar refractivity (Wildman–Crippen MR) is 33.4 cm³/mol. The van der Waals surface area contributed by atoms with E-state index >= 15 is 0 Å². The molecule has 1 aliphatic heterocycles. The molecular weight excluding hydrogens is 150 g/mol. The predicted octanol–water partition coefficient (Wildman–Crippen LogP) is -2.01. The van der Waals surface area contributed by atoms with E-state index in [1.54, 1.807) is 0 Å². The van der Waals surface area contributed by atoms with Gasteiger partial charge in [-0.15, -0.1) is 0 Å². The summed E-state index contributed by atoms with van der Waals surface area (Å²) in [5.41, 5.74) is -1.85.